The fourth-order valence-electron chi connectivity index (χ4n) is 3.66. The number of hydrogen-bond donors (Lipinski definition) is 0. The summed E-state index contributed by atoms with van der Waals surface area (Å²) in [7, 11) is -1.93. The summed E-state index contributed by atoms with van der Waals surface area (Å²) >= 11 is 0. The van der Waals surface area contributed by atoms with Crippen LogP contribution in [0.25, 0.3) is 0 Å². The van der Waals surface area contributed by atoms with E-state index in [4.69, 9.17) is 0 Å². The van der Waals surface area contributed by atoms with Crippen molar-refractivity contribution in [3.8, 4) is 0 Å². The summed E-state index contributed by atoms with van der Waals surface area (Å²) in [5.41, 5.74) is 2.06. The molecule has 2 fully saturated rings. The highest BCUT2D eigenvalue weighted by Gasteiger charge is 2.56. The summed E-state index contributed by atoms with van der Waals surface area (Å²) in [5, 5.41) is 0. The molecule has 2 aliphatic rings. The van der Waals surface area contributed by atoms with Gasteiger partial charge in [-0.25, -0.2) is 8.42 Å². The number of carbonyl (C=O) groups excluding carboxylic acids is 2. The Morgan fingerprint density at radius 3 is 2.38 bits per heavy atom. The fourth-order valence-corrected chi connectivity index (χ4v) is 5.78. The number of aryl methyl sites for hydroxylation is 1. The average molecular weight is 350 g/mol. The molecule has 2 aliphatic heterocycles. The lowest BCUT2D eigenvalue weighted by molar-refractivity contribution is -0.134. The molecule has 0 aromatic heterocycles. The van der Waals surface area contributed by atoms with E-state index >= 15 is 0 Å². The number of hydrogen-bond acceptors (Lipinski definition) is 4. The van der Waals surface area contributed by atoms with Crippen LogP contribution in [-0.2, 0) is 25.8 Å². The average Bonchev–Trinajstić information content (AvgIpc) is 2.70. The highest BCUT2D eigenvalue weighted by Crippen LogP contribution is 2.38. The second-order valence-corrected chi connectivity index (χ2v) is 8.92. The lowest BCUT2D eigenvalue weighted by Gasteiger charge is -2.42. The second-order valence-electron chi connectivity index (χ2n) is 6.64. The van der Waals surface area contributed by atoms with E-state index in [0.29, 0.717) is 19.5 Å². The van der Waals surface area contributed by atoms with E-state index < -0.39 is 20.5 Å². The first-order valence-corrected chi connectivity index (χ1v) is 9.73. The molecule has 1 aromatic rings. The number of likely N-dealkylation sites (tertiary alicyclic amines) is 1. The topological polar surface area (TPSA) is 74.8 Å². The third-order valence-corrected chi connectivity index (χ3v) is 7.85. The Labute approximate surface area is 142 Å². The van der Waals surface area contributed by atoms with Gasteiger partial charge in [-0.1, -0.05) is 24.3 Å². The first-order chi connectivity index (χ1) is 11.3. The van der Waals surface area contributed by atoms with Crippen LogP contribution in [0, 0.1) is 6.92 Å². The normalized spacial score (nSPS) is 22.2. The zero-order valence-electron chi connectivity index (χ0n) is 14.0. The van der Waals surface area contributed by atoms with Crippen LogP contribution in [0.4, 0.5) is 0 Å². The van der Waals surface area contributed by atoms with Gasteiger partial charge in [0, 0.05) is 33.0 Å². The van der Waals surface area contributed by atoms with E-state index in [2.05, 4.69) is 0 Å². The van der Waals surface area contributed by atoms with E-state index in [0.717, 1.165) is 11.1 Å². The molecular weight excluding hydrogens is 328 g/mol. The third-order valence-electron chi connectivity index (χ3n) is 5.38. The number of sulfone groups is 1. The van der Waals surface area contributed by atoms with Crippen LogP contribution in [0.15, 0.2) is 24.3 Å². The van der Waals surface area contributed by atoms with Gasteiger partial charge in [0.15, 0.2) is 9.84 Å². The molecule has 7 heteroatoms. The van der Waals surface area contributed by atoms with Gasteiger partial charge in [0.2, 0.25) is 11.8 Å². The highest BCUT2D eigenvalue weighted by molar-refractivity contribution is 7.93. The van der Waals surface area contributed by atoms with Crippen LogP contribution in [-0.4, -0.2) is 60.8 Å². The van der Waals surface area contributed by atoms with E-state index in [1.165, 1.54) is 4.90 Å². The number of benzene rings is 1. The molecule has 2 saturated heterocycles. The van der Waals surface area contributed by atoms with Gasteiger partial charge < -0.3 is 9.80 Å². The Bertz CT molecular complexity index is 780. The van der Waals surface area contributed by atoms with Crippen molar-refractivity contribution in [1.29, 1.82) is 0 Å². The minimum atomic E-state index is -3.48. The standard InChI is InChI=1S/C17H22N2O4S/c1-13-5-3-4-6-14(13)11-15(20)19-9-7-17(8-10-19)18(2)16(21)12-24(17,22)23/h3-6H,7-12H2,1-2H3. The van der Waals surface area contributed by atoms with Crippen LogP contribution in [0.2, 0.25) is 0 Å². The molecule has 24 heavy (non-hydrogen) atoms. The molecule has 2 amide bonds. The van der Waals surface area contributed by atoms with E-state index in [1.54, 1.807) is 11.9 Å². The van der Waals surface area contributed by atoms with Gasteiger partial charge >= 0.3 is 0 Å². The SMILES string of the molecule is Cc1ccccc1CC(=O)N1CCC2(CC1)N(C)C(=O)CS2(=O)=O. The molecule has 0 N–H and O–H groups in total. The molecule has 0 bridgehead atoms. The predicted molar refractivity (Wildman–Crippen MR) is 90.0 cm³/mol. The van der Waals surface area contributed by atoms with Crippen molar-refractivity contribution in [2.75, 3.05) is 25.9 Å². The largest absolute Gasteiger partial charge is 0.342 e. The lowest BCUT2D eigenvalue weighted by Crippen LogP contribution is -2.55. The molecule has 1 aromatic carbocycles. The molecule has 0 unspecified atom stereocenters. The third kappa shape index (κ3) is 2.60. The highest BCUT2D eigenvalue weighted by atomic mass is 32.2. The quantitative estimate of drug-likeness (QED) is 0.789. The zero-order valence-corrected chi connectivity index (χ0v) is 14.8. The fraction of sp³-hybridized carbons (Fsp3) is 0.529. The smallest absolute Gasteiger partial charge is 0.238 e. The summed E-state index contributed by atoms with van der Waals surface area (Å²) in [5.74, 6) is -0.765. The maximum Gasteiger partial charge on any atom is 0.238 e. The predicted octanol–water partition coefficient (Wildman–Crippen LogP) is 0.743. The van der Waals surface area contributed by atoms with Gasteiger partial charge in [-0.3, -0.25) is 9.59 Å². The van der Waals surface area contributed by atoms with Crippen LogP contribution in [0.5, 0.6) is 0 Å². The summed E-state index contributed by atoms with van der Waals surface area (Å²) in [4.78, 5) is 26.3. The maximum atomic E-state index is 12.5. The maximum absolute atomic E-state index is 12.5. The number of nitrogens with zero attached hydrogens (tertiary/aromatic N) is 2. The monoisotopic (exact) mass is 350 g/mol. The van der Waals surface area contributed by atoms with Crippen molar-refractivity contribution in [3.63, 3.8) is 0 Å². The van der Waals surface area contributed by atoms with Crippen molar-refractivity contribution < 1.29 is 18.0 Å². The molecule has 0 aliphatic carbocycles. The molecule has 3 rings (SSSR count). The molecule has 130 valence electrons. The molecule has 6 nitrogen and oxygen atoms in total. The Balaban J connectivity index is 1.70. The first kappa shape index (κ1) is 17.0. The number of piperidine rings is 1. The van der Waals surface area contributed by atoms with Gasteiger partial charge in [0.25, 0.3) is 0 Å². The molecule has 0 radical (unpaired) electrons. The summed E-state index contributed by atoms with van der Waals surface area (Å²) < 4.78 is 24.8. The van der Waals surface area contributed by atoms with Crippen molar-refractivity contribution in [1.82, 2.24) is 9.80 Å². The molecule has 0 atom stereocenters. The van der Waals surface area contributed by atoms with E-state index in [1.807, 2.05) is 31.2 Å². The van der Waals surface area contributed by atoms with Gasteiger partial charge in [-0.05, 0) is 18.1 Å². The Morgan fingerprint density at radius 2 is 1.83 bits per heavy atom. The van der Waals surface area contributed by atoms with E-state index in [9.17, 15) is 18.0 Å². The summed E-state index contributed by atoms with van der Waals surface area (Å²) in [6.45, 7) is 2.70. The minimum Gasteiger partial charge on any atom is -0.342 e. The molecule has 2 heterocycles. The van der Waals surface area contributed by atoms with Crippen LogP contribution in [0.3, 0.4) is 0 Å². The number of rotatable bonds is 2. The molecule has 0 saturated carbocycles. The van der Waals surface area contributed by atoms with Crippen molar-refractivity contribution in [2.45, 2.75) is 31.1 Å². The number of amides is 2. The minimum absolute atomic E-state index is 0.00326. The first-order valence-electron chi connectivity index (χ1n) is 8.08. The van der Waals surface area contributed by atoms with Gasteiger partial charge in [-0.15, -0.1) is 0 Å². The Morgan fingerprint density at radius 1 is 1.21 bits per heavy atom. The second kappa shape index (κ2) is 5.88. The zero-order chi connectivity index (χ0) is 17.5. The Hall–Kier alpha value is -1.89. The number of carbonyl (C=O) groups is 2. The molecule has 1 spiro atoms. The van der Waals surface area contributed by atoms with Crippen molar-refractivity contribution >= 4 is 21.7 Å². The molecular formula is C17H22N2O4S. The van der Waals surface area contributed by atoms with Gasteiger partial charge in [0.1, 0.15) is 10.6 Å². The van der Waals surface area contributed by atoms with Crippen LogP contribution in [0.1, 0.15) is 24.0 Å². The van der Waals surface area contributed by atoms with Crippen LogP contribution < -0.4 is 0 Å². The van der Waals surface area contributed by atoms with Crippen molar-refractivity contribution in [2.24, 2.45) is 0 Å². The van der Waals surface area contributed by atoms with Crippen LogP contribution >= 0.6 is 0 Å². The van der Waals surface area contributed by atoms with Gasteiger partial charge in [-0.2, -0.15) is 0 Å². The summed E-state index contributed by atoms with van der Waals surface area (Å²) in [6, 6.07) is 7.75. The van der Waals surface area contributed by atoms with E-state index in [-0.39, 0.29) is 24.7 Å². The lowest BCUT2D eigenvalue weighted by atomic mass is 10.0. The Kier molecular flexibility index (Phi) is 4.15. The summed E-state index contributed by atoms with van der Waals surface area (Å²) in [6.07, 6.45) is 0.898. The van der Waals surface area contributed by atoms with Gasteiger partial charge in [0.05, 0.1) is 6.42 Å². The van der Waals surface area contributed by atoms with Crippen molar-refractivity contribution in [3.05, 3.63) is 35.4 Å².